The lowest BCUT2D eigenvalue weighted by molar-refractivity contribution is 0.0532. The largest absolute Gasteiger partial charge is 0.462 e. The second kappa shape index (κ2) is 5.78. The normalized spacial score (nSPS) is 10.3. The summed E-state index contributed by atoms with van der Waals surface area (Å²) in [6, 6.07) is 8.02. The Kier molecular flexibility index (Phi) is 4.10. The second-order valence-corrected chi connectivity index (χ2v) is 4.62. The molecule has 2 rings (SSSR count). The zero-order valence-electron chi connectivity index (χ0n) is 10.5. The summed E-state index contributed by atoms with van der Waals surface area (Å²) >= 11 is 1.33. The summed E-state index contributed by atoms with van der Waals surface area (Å²) in [5.74, 6) is -0.291. The Morgan fingerprint density at radius 1 is 1.33 bits per heavy atom. The van der Waals surface area contributed by atoms with Crippen LogP contribution in [0.3, 0.4) is 0 Å². The fraction of sp³-hybridized carbons (Fsp3) is 0.286. The average molecular weight is 261 g/mol. The molecule has 0 aliphatic rings. The van der Waals surface area contributed by atoms with Gasteiger partial charge in [-0.25, -0.2) is 9.78 Å². The quantitative estimate of drug-likeness (QED) is 0.790. The molecule has 0 spiro atoms. The third-order valence-corrected chi connectivity index (χ3v) is 3.49. The van der Waals surface area contributed by atoms with E-state index in [1.54, 1.807) is 12.4 Å². The Morgan fingerprint density at radius 3 is 2.83 bits per heavy atom. The Labute approximate surface area is 110 Å². The first-order valence-electron chi connectivity index (χ1n) is 5.96. The number of carbonyl (C=O) groups is 1. The number of thiazole rings is 1. The molecule has 4 heteroatoms. The molecule has 1 aromatic heterocycles. The van der Waals surface area contributed by atoms with E-state index in [-0.39, 0.29) is 5.97 Å². The number of nitrogens with zero attached hydrogens (tertiary/aromatic N) is 1. The van der Waals surface area contributed by atoms with Crippen LogP contribution in [0.25, 0.3) is 11.3 Å². The maximum Gasteiger partial charge on any atom is 0.350 e. The average Bonchev–Trinajstić information content (AvgIpc) is 2.88. The third kappa shape index (κ3) is 2.43. The molecule has 1 heterocycles. The van der Waals surface area contributed by atoms with Crippen molar-refractivity contribution in [2.75, 3.05) is 6.61 Å². The topological polar surface area (TPSA) is 39.2 Å². The van der Waals surface area contributed by atoms with Crippen molar-refractivity contribution in [3.8, 4) is 11.3 Å². The van der Waals surface area contributed by atoms with Crippen molar-refractivity contribution in [3.05, 3.63) is 40.2 Å². The molecule has 2 aromatic rings. The molecule has 3 nitrogen and oxygen atoms in total. The Bertz CT molecular complexity index is 548. The van der Waals surface area contributed by atoms with Gasteiger partial charge in [-0.2, -0.15) is 0 Å². The van der Waals surface area contributed by atoms with Crippen LogP contribution in [0.4, 0.5) is 0 Å². The molecule has 0 saturated carbocycles. The summed E-state index contributed by atoms with van der Waals surface area (Å²) in [6.07, 6.45) is 0.913. The smallest absolute Gasteiger partial charge is 0.350 e. The van der Waals surface area contributed by atoms with Crippen LogP contribution >= 0.6 is 11.3 Å². The SMILES string of the molecule is CCOC(=O)c1scnc1-c1ccccc1CC. The van der Waals surface area contributed by atoms with Gasteiger partial charge in [0.05, 0.1) is 17.8 Å². The number of carbonyl (C=O) groups excluding carboxylic acids is 1. The van der Waals surface area contributed by atoms with Crippen molar-refractivity contribution in [1.82, 2.24) is 4.98 Å². The molecule has 0 aliphatic carbocycles. The molecule has 0 fully saturated rings. The highest BCUT2D eigenvalue weighted by Crippen LogP contribution is 2.29. The lowest BCUT2D eigenvalue weighted by Gasteiger charge is -2.07. The first kappa shape index (κ1) is 12.8. The molecule has 0 N–H and O–H groups in total. The van der Waals surface area contributed by atoms with Crippen molar-refractivity contribution in [1.29, 1.82) is 0 Å². The number of benzene rings is 1. The Hall–Kier alpha value is -1.68. The highest BCUT2D eigenvalue weighted by molar-refractivity contribution is 7.12. The van der Waals surface area contributed by atoms with Gasteiger partial charge in [-0.15, -0.1) is 11.3 Å². The number of ether oxygens (including phenoxy) is 1. The van der Waals surface area contributed by atoms with Gasteiger partial charge in [0, 0.05) is 5.56 Å². The summed E-state index contributed by atoms with van der Waals surface area (Å²) in [6.45, 7) is 4.28. The molecule has 1 aromatic carbocycles. The van der Waals surface area contributed by atoms with Crippen molar-refractivity contribution >= 4 is 17.3 Å². The number of aromatic nitrogens is 1. The van der Waals surface area contributed by atoms with Crippen LogP contribution in [-0.4, -0.2) is 17.6 Å². The van der Waals surface area contributed by atoms with Gasteiger partial charge in [0.1, 0.15) is 4.88 Å². The van der Waals surface area contributed by atoms with Crippen molar-refractivity contribution in [3.63, 3.8) is 0 Å². The second-order valence-electron chi connectivity index (χ2n) is 3.76. The van der Waals surface area contributed by atoms with E-state index in [9.17, 15) is 4.79 Å². The predicted octanol–water partition coefficient (Wildman–Crippen LogP) is 3.55. The highest BCUT2D eigenvalue weighted by Gasteiger charge is 2.18. The van der Waals surface area contributed by atoms with Gasteiger partial charge >= 0.3 is 5.97 Å². The van der Waals surface area contributed by atoms with Gasteiger partial charge in [-0.1, -0.05) is 31.2 Å². The third-order valence-electron chi connectivity index (χ3n) is 2.68. The number of hydrogen-bond donors (Lipinski definition) is 0. The molecule has 0 amide bonds. The summed E-state index contributed by atoms with van der Waals surface area (Å²) < 4.78 is 5.05. The molecule has 0 aliphatic heterocycles. The Morgan fingerprint density at radius 2 is 2.11 bits per heavy atom. The fourth-order valence-corrected chi connectivity index (χ4v) is 2.53. The molecule has 0 atom stereocenters. The van der Waals surface area contributed by atoms with Crippen molar-refractivity contribution < 1.29 is 9.53 Å². The van der Waals surface area contributed by atoms with Gasteiger partial charge in [-0.3, -0.25) is 0 Å². The standard InChI is InChI=1S/C14H15NO2S/c1-3-10-7-5-6-8-11(10)12-13(18-9-15-12)14(16)17-4-2/h5-9H,3-4H2,1-2H3. The number of aryl methyl sites for hydroxylation is 1. The van der Waals surface area contributed by atoms with Gasteiger partial charge in [0.2, 0.25) is 0 Å². The van der Waals surface area contributed by atoms with Crippen molar-refractivity contribution in [2.45, 2.75) is 20.3 Å². The summed E-state index contributed by atoms with van der Waals surface area (Å²) in [4.78, 5) is 16.7. The highest BCUT2D eigenvalue weighted by atomic mass is 32.1. The molecule has 0 radical (unpaired) electrons. The minimum Gasteiger partial charge on any atom is -0.462 e. The Balaban J connectivity index is 2.45. The molecular weight excluding hydrogens is 246 g/mol. The molecule has 0 unspecified atom stereocenters. The van der Waals surface area contributed by atoms with Gasteiger partial charge in [0.15, 0.2) is 0 Å². The van der Waals surface area contributed by atoms with Crippen LogP contribution in [-0.2, 0) is 11.2 Å². The van der Waals surface area contributed by atoms with E-state index in [2.05, 4.69) is 18.0 Å². The summed E-state index contributed by atoms with van der Waals surface area (Å²) in [5.41, 5.74) is 4.63. The van der Waals surface area contributed by atoms with Crippen molar-refractivity contribution in [2.24, 2.45) is 0 Å². The van der Waals surface area contributed by atoms with E-state index < -0.39 is 0 Å². The minimum absolute atomic E-state index is 0.291. The minimum atomic E-state index is -0.291. The maximum absolute atomic E-state index is 11.8. The van der Waals surface area contributed by atoms with Gasteiger partial charge in [-0.05, 0) is 18.9 Å². The fourth-order valence-electron chi connectivity index (χ4n) is 1.84. The van der Waals surface area contributed by atoms with E-state index >= 15 is 0 Å². The molecule has 0 bridgehead atoms. The number of hydrogen-bond acceptors (Lipinski definition) is 4. The zero-order chi connectivity index (χ0) is 13.0. The van der Waals surface area contributed by atoms with E-state index in [1.165, 1.54) is 16.9 Å². The van der Waals surface area contributed by atoms with E-state index in [0.29, 0.717) is 11.5 Å². The van der Waals surface area contributed by atoms with Crippen LogP contribution in [0.15, 0.2) is 29.8 Å². The molecule has 18 heavy (non-hydrogen) atoms. The van der Waals surface area contributed by atoms with Crippen LogP contribution in [0.1, 0.15) is 29.1 Å². The first-order valence-corrected chi connectivity index (χ1v) is 6.84. The van der Waals surface area contributed by atoms with Crippen LogP contribution in [0.2, 0.25) is 0 Å². The van der Waals surface area contributed by atoms with Crippen LogP contribution in [0, 0.1) is 0 Å². The lowest BCUT2D eigenvalue weighted by Crippen LogP contribution is -2.04. The number of rotatable bonds is 4. The summed E-state index contributed by atoms with van der Waals surface area (Å²) in [7, 11) is 0. The van der Waals surface area contributed by atoms with Gasteiger partial charge < -0.3 is 4.74 Å². The van der Waals surface area contributed by atoms with E-state index in [1.807, 2.05) is 18.2 Å². The zero-order valence-corrected chi connectivity index (χ0v) is 11.3. The predicted molar refractivity (Wildman–Crippen MR) is 72.9 cm³/mol. The number of esters is 1. The van der Waals surface area contributed by atoms with E-state index in [0.717, 1.165) is 17.7 Å². The monoisotopic (exact) mass is 261 g/mol. The van der Waals surface area contributed by atoms with E-state index in [4.69, 9.17) is 4.74 Å². The summed E-state index contributed by atoms with van der Waals surface area (Å²) in [5, 5.41) is 0. The van der Waals surface area contributed by atoms with Crippen LogP contribution < -0.4 is 0 Å². The molecule has 94 valence electrons. The van der Waals surface area contributed by atoms with Gasteiger partial charge in [0.25, 0.3) is 0 Å². The molecular formula is C14H15NO2S. The molecule has 0 saturated heterocycles. The first-order chi connectivity index (χ1) is 8.77. The maximum atomic E-state index is 11.8. The van der Waals surface area contributed by atoms with Crippen LogP contribution in [0.5, 0.6) is 0 Å². The lowest BCUT2D eigenvalue weighted by atomic mass is 10.0.